The van der Waals surface area contributed by atoms with Crippen LogP contribution in [-0.2, 0) is 13.0 Å². The number of aromatic nitrogens is 2. The lowest BCUT2D eigenvalue weighted by Gasteiger charge is -2.08. The second-order valence-electron chi connectivity index (χ2n) is 4.59. The van der Waals surface area contributed by atoms with Crippen LogP contribution in [-0.4, -0.2) is 22.7 Å². The van der Waals surface area contributed by atoms with E-state index in [1.807, 2.05) is 24.3 Å². The molecular formula is C15H19N3O2. The molecular weight excluding hydrogens is 254 g/mol. The average molecular weight is 273 g/mol. The maximum atomic E-state index is 11.7. The monoisotopic (exact) mass is 273 g/mol. The van der Waals surface area contributed by atoms with Gasteiger partial charge in [-0.2, -0.15) is 0 Å². The normalized spacial score (nSPS) is 10.5. The Bertz CT molecular complexity index is 605. The first-order valence-electron chi connectivity index (χ1n) is 6.64. The van der Waals surface area contributed by atoms with E-state index in [0.717, 1.165) is 17.9 Å². The predicted molar refractivity (Wildman–Crippen MR) is 77.9 cm³/mol. The Balaban J connectivity index is 1.87. The standard InChI is InChI=1S/C15H19N3O2/c1-12-10-15(19)18(11-17-12)8-9-20-14-4-2-13(3-5-14)6-7-16/h2-5,10-11H,6-9,16H2,1H3. The van der Waals surface area contributed by atoms with E-state index >= 15 is 0 Å². The highest BCUT2D eigenvalue weighted by molar-refractivity contribution is 5.27. The summed E-state index contributed by atoms with van der Waals surface area (Å²) >= 11 is 0. The molecule has 20 heavy (non-hydrogen) atoms. The van der Waals surface area contributed by atoms with Crippen LogP contribution in [0, 0.1) is 6.92 Å². The molecule has 5 nitrogen and oxygen atoms in total. The summed E-state index contributed by atoms with van der Waals surface area (Å²) in [6, 6.07) is 9.35. The van der Waals surface area contributed by atoms with Gasteiger partial charge in [-0.25, -0.2) is 4.98 Å². The Morgan fingerprint density at radius 1 is 1.30 bits per heavy atom. The largest absolute Gasteiger partial charge is 0.492 e. The smallest absolute Gasteiger partial charge is 0.253 e. The van der Waals surface area contributed by atoms with Gasteiger partial charge in [0.15, 0.2) is 0 Å². The van der Waals surface area contributed by atoms with Crippen molar-refractivity contribution in [3.8, 4) is 5.75 Å². The number of hydrogen-bond donors (Lipinski definition) is 1. The summed E-state index contributed by atoms with van der Waals surface area (Å²) in [5, 5.41) is 0. The van der Waals surface area contributed by atoms with Gasteiger partial charge in [0.2, 0.25) is 0 Å². The molecule has 106 valence electrons. The van der Waals surface area contributed by atoms with E-state index in [-0.39, 0.29) is 5.56 Å². The fourth-order valence-corrected chi connectivity index (χ4v) is 1.87. The Hall–Kier alpha value is -2.14. The summed E-state index contributed by atoms with van der Waals surface area (Å²) in [5.41, 5.74) is 7.36. The fourth-order valence-electron chi connectivity index (χ4n) is 1.87. The molecule has 0 aliphatic rings. The summed E-state index contributed by atoms with van der Waals surface area (Å²) in [5.74, 6) is 0.791. The highest BCUT2D eigenvalue weighted by Crippen LogP contribution is 2.12. The van der Waals surface area contributed by atoms with Gasteiger partial charge >= 0.3 is 0 Å². The van der Waals surface area contributed by atoms with Gasteiger partial charge in [-0.1, -0.05) is 12.1 Å². The molecule has 0 amide bonds. The van der Waals surface area contributed by atoms with Crippen molar-refractivity contribution >= 4 is 0 Å². The van der Waals surface area contributed by atoms with Crippen molar-refractivity contribution in [3.63, 3.8) is 0 Å². The Morgan fingerprint density at radius 3 is 2.70 bits per heavy atom. The molecule has 2 N–H and O–H groups in total. The van der Waals surface area contributed by atoms with Crippen molar-refractivity contribution < 1.29 is 4.74 Å². The van der Waals surface area contributed by atoms with Crippen LogP contribution < -0.4 is 16.0 Å². The molecule has 0 bridgehead atoms. The minimum absolute atomic E-state index is 0.0561. The summed E-state index contributed by atoms with van der Waals surface area (Å²) in [7, 11) is 0. The van der Waals surface area contributed by atoms with Gasteiger partial charge in [-0.15, -0.1) is 0 Å². The first-order valence-corrected chi connectivity index (χ1v) is 6.64. The van der Waals surface area contributed by atoms with Crippen LogP contribution in [0.3, 0.4) is 0 Å². The van der Waals surface area contributed by atoms with Gasteiger partial charge in [-0.3, -0.25) is 9.36 Å². The first kappa shape index (κ1) is 14.3. The number of ether oxygens (including phenoxy) is 1. The van der Waals surface area contributed by atoms with E-state index in [1.54, 1.807) is 13.3 Å². The molecule has 0 radical (unpaired) electrons. The number of nitrogens with two attached hydrogens (primary N) is 1. The molecule has 0 aliphatic heterocycles. The van der Waals surface area contributed by atoms with Crippen molar-refractivity contribution in [2.75, 3.05) is 13.2 Å². The topological polar surface area (TPSA) is 70.1 Å². The molecule has 1 aromatic heterocycles. The maximum absolute atomic E-state index is 11.7. The highest BCUT2D eigenvalue weighted by atomic mass is 16.5. The van der Waals surface area contributed by atoms with Crippen LogP contribution in [0.1, 0.15) is 11.3 Å². The minimum atomic E-state index is -0.0561. The summed E-state index contributed by atoms with van der Waals surface area (Å²) in [6.45, 7) is 3.35. The van der Waals surface area contributed by atoms with Crippen LogP contribution in [0.5, 0.6) is 5.75 Å². The molecule has 1 heterocycles. The van der Waals surface area contributed by atoms with E-state index in [0.29, 0.717) is 19.7 Å². The lowest BCUT2D eigenvalue weighted by Crippen LogP contribution is -2.23. The molecule has 0 atom stereocenters. The molecule has 0 saturated heterocycles. The SMILES string of the molecule is Cc1cc(=O)n(CCOc2ccc(CCN)cc2)cn1. The first-order chi connectivity index (χ1) is 9.69. The van der Waals surface area contributed by atoms with Crippen LogP contribution in [0.2, 0.25) is 0 Å². The number of aryl methyl sites for hydroxylation is 1. The van der Waals surface area contributed by atoms with Crippen molar-refractivity contribution in [2.45, 2.75) is 19.9 Å². The van der Waals surface area contributed by atoms with Crippen molar-refractivity contribution in [2.24, 2.45) is 5.73 Å². The molecule has 2 rings (SSSR count). The molecule has 0 spiro atoms. The summed E-state index contributed by atoms with van der Waals surface area (Å²) in [4.78, 5) is 15.7. The van der Waals surface area contributed by atoms with Crippen molar-refractivity contribution in [3.05, 3.63) is 58.3 Å². The minimum Gasteiger partial charge on any atom is -0.492 e. The summed E-state index contributed by atoms with van der Waals surface area (Å²) < 4.78 is 7.15. The van der Waals surface area contributed by atoms with Gasteiger partial charge < -0.3 is 10.5 Å². The maximum Gasteiger partial charge on any atom is 0.253 e. The van der Waals surface area contributed by atoms with Gasteiger partial charge in [0.05, 0.1) is 12.9 Å². The van der Waals surface area contributed by atoms with Crippen LogP contribution >= 0.6 is 0 Å². The van der Waals surface area contributed by atoms with E-state index in [4.69, 9.17) is 10.5 Å². The van der Waals surface area contributed by atoms with E-state index < -0.39 is 0 Å². The lowest BCUT2D eigenvalue weighted by atomic mass is 10.1. The van der Waals surface area contributed by atoms with E-state index in [1.165, 1.54) is 16.2 Å². The van der Waals surface area contributed by atoms with Crippen LogP contribution in [0.4, 0.5) is 0 Å². The third-order valence-corrected chi connectivity index (χ3v) is 2.97. The number of benzene rings is 1. The average Bonchev–Trinajstić information content (AvgIpc) is 2.43. The zero-order valence-electron chi connectivity index (χ0n) is 11.6. The molecule has 5 heteroatoms. The Labute approximate surface area is 118 Å². The number of hydrogen-bond acceptors (Lipinski definition) is 4. The predicted octanol–water partition coefficient (Wildman–Crippen LogP) is 1.13. The van der Waals surface area contributed by atoms with Gasteiger partial charge in [0.25, 0.3) is 5.56 Å². The molecule has 2 aromatic rings. The third kappa shape index (κ3) is 3.93. The zero-order chi connectivity index (χ0) is 14.4. The van der Waals surface area contributed by atoms with E-state index in [2.05, 4.69) is 4.98 Å². The molecule has 0 unspecified atom stereocenters. The Morgan fingerprint density at radius 2 is 2.05 bits per heavy atom. The van der Waals surface area contributed by atoms with Gasteiger partial charge in [0, 0.05) is 11.8 Å². The summed E-state index contributed by atoms with van der Waals surface area (Å²) in [6.07, 6.45) is 2.41. The van der Waals surface area contributed by atoms with Crippen LogP contribution in [0.25, 0.3) is 0 Å². The van der Waals surface area contributed by atoms with Crippen molar-refractivity contribution in [1.29, 1.82) is 0 Å². The molecule has 0 saturated carbocycles. The van der Waals surface area contributed by atoms with Crippen molar-refractivity contribution in [1.82, 2.24) is 9.55 Å². The number of nitrogens with zero attached hydrogens (tertiary/aromatic N) is 2. The highest BCUT2D eigenvalue weighted by Gasteiger charge is 1.99. The second-order valence-corrected chi connectivity index (χ2v) is 4.59. The van der Waals surface area contributed by atoms with E-state index in [9.17, 15) is 4.79 Å². The van der Waals surface area contributed by atoms with Gasteiger partial charge in [-0.05, 0) is 37.6 Å². The molecule has 1 aromatic carbocycles. The zero-order valence-corrected chi connectivity index (χ0v) is 11.6. The van der Waals surface area contributed by atoms with Crippen LogP contribution in [0.15, 0.2) is 41.5 Å². The van der Waals surface area contributed by atoms with Gasteiger partial charge in [0.1, 0.15) is 12.4 Å². The Kier molecular flexibility index (Phi) is 4.90. The lowest BCUT2D eigenvalue weighted by molar-refractivity contribution is 0.295. The quantitative estimate of drug-likeness (QED) is 0.856. The third-order valence-electron chi connectivity index (χ3n) is 2.97. The number of rotatable bonds is 6. The second kappa shape index (κ2) is 6.86. The fraction of sp³-hybridized carbons (Fsp3) is 0.333. The molecule has 0 fully saturated rings. The molecule has 0 aliphatic carbocycles.